The molecular weight excluding hydrogens is 500 g/mol. The van der Waals surface area contributed by atoms with E-state index in [2.05, 4.69) is 75.7 Å². The molecule has 40 heavy (non-hydrogen) atoms. The molecule has 5 rings (SSSR count). The van der Waals surface area contributed by atoms with Gasteiger partial charge in [0.1, 0.15) is 0 Å². The third-order valence-electron chi connectivity index (χ3n) is 8.24. The van der Waals surface area contributed by atoms with Crippen molar-refractivity contribution >= 4 is 28.4 Å². The number of amides is 2. The van der Waals surface area contributed by atoms with Crippen molar-refractivity contribution in [1.29, 1.82) is 0 Å². The van der Waals surface area contributed by atoms with Gasteiger partial charge in [-0.1, -0.05) is 43.3 Å². The standard InChI is InChI=1S/C32H42N6O2/c1-19-13-20(2)35-30(40)25(19)17-33-29(39)24-14-27(23-15-31(4,5)37-32(6,7)16-23)36-28-26(24)18-34-38(28)21(3)22-11-9-8-10-12-22/h8-12,14-15,18-21,25,37H,13,16-17H2,1-7H3,(H,33,39)(H,35,40). The van der Waals surface area contributed by atoms with Gasteiger partial charge in [0.25, 0.3) is 5.91 Å². The molecule has 0 aliphatic carbocycles. The molecule has 0 spiro atoms. The SMILES string of the molecule is CC1CC(C)C(CNC(=O)c2cc(C3=CC(C)(C)NC(C)(C)C3)nc3c2cnn3C(C)c2ccccc2)C(=O)N1. The summed E-state index contributed by atoms with van der Waals surface area (Å²) in [5.74, 6) is -0.282. The van der Waals surface area contributed by atoms with E-state index in [9.17, 15) is 9.59 Å². The molecule has 1 saturated heterocycles. The maximum Gasteiger partial charge on any atom is 0.252 e. The van der Waals surface area contributed by atoms with Crippen molar-refractivity contribution in [2.24, 2.45) is 11.8 Å². The van der Waals surface area contributed by atoms with E-state index < -0.39 is 0 Å². The minimum atomic E-state index is -0.258. The Labute approximate surface area is 237 Å². The molecule has 0 saturated carbocycles. The molecule has 4 atom stereocenters. The number of pyridine rings is 1. The molecule has 4 unspecified atom stereocenters. The Morgan fingerprint density at radius 3 is 2.58 bits per heavy atom. The van der Waals surface area contributed by atoms with Gasteiger partial charge in [0.05, 0.1) is 34.8 Å². The number of carbonyl (C=O) groups excluding carboxylic acids is 2. The van der Waals surface area contributed by atoms with Crippen LogP contribution in [0, 0.1) is 11.8 Å². The van der Waals surface area contributed by atoms with Crippen LogP contribution in [0.25, 0.3) is 16.6 Å². The number of nitrogens with zero attached hydrogens (tertiary/aromatic N) is 3. The number of fused-ring (bicyclic) bond motifs is 1. The lowest BCUT2D eigenvalue weighted by atomic mass is 9.82. The van der Waals surface area contributed by atoms with Crippen LogP contribution in [-0.2, 0) is 4.79 Å². The number of hydrogen-bond donors (Lipinski definition) is 3. The van der Waals surface area contributed by atoms with E-state index in [1.54, 1.807) is 6.20 Å². The summed E-state index contributed by atoms with van der Waals surface area (Å²) >= 11 is 0. The van der Waals surface area contributed by atoms with Crippen LogP contribution >= 0.6 is 0 Å². The monoisotopic (exact) mass is 542 g/mol. The largest absolute Gasteiger partial charge is 0.353 e. The number of rotatable bonds is 6. The second-order valence-electron chi connectivity index (χ2n) is 13.0. The molecule has 1 fully saturated rings. The summed E-state index contributed by atoms with van der Waals surface area (Å²) in [5, 5.41) is 15.2. The van der Waals surface area contributed by atoms with Crippen LogP contribution in [0.3, 0.4) is 0 Å². The van der Waals surface area contributed by atoms with Crippen LogP contribution in [0.4, 0.5) is 0 Å². The maximum atomic E-state index is 13.8. The molecule has 3 aromatic rings. The number of piperidine rings is 1. The minimum Gasteiger partial charge on any atom is -0.353 e. The van der Waals surface area contributed by atoms with Gasteiger partial charge in [-0.15, -0.1) is 0 Å². The van der Waals surface area contributed by atoms with E-state index in [1.807, 2.05) is 35.9 Å². The van der Waals surface area contributed by atoms with Crippen molar-refractivity contribution in [2.45, 2.75) is 84.5 Å². The van der Waals surface area contributed by atoms with Gasteiger partial charge in [-0.2, -0.15) is 5.10 Å². The van der Waals surface area contributed by atoms with Gasteiger partial charge in [0.2, 0.25) is 5.91 Å². The Morgan fingerprint density at radius 2 is 1.90 bits per heavy atom. The lowest BCUT2D eigenvalue weighted by molar-refractivity contribution is -0.129. The zero-order chi connectivity index (χ0) is 28.8. The highest BCUT2D eigenvalue weighted by atomic mass is 16.2. The second kappa shape index (κ2) is 10.5. The van der Waals surface area contributed by atoms with E-state index in [4.69, 9.17) is 10.1 Å². The normalized spacial score (nSPS) is 24.7. The number of hydrogen-bond acceptors (Lipinski definition) is 5. The number of carbonyl (C=O) groups is 2. The van der Waals surface area contributed by atoms with Gasteiger partial charge in [0.15, 0.2) is 5.65 Å². The van der Waals surface area contributed by atoms with Crippen LogP contribution in [-0.4, -0.2) is 50.2 Å². The molecule has 3 N–H and O–H groups in total. The summed E-state index contributed by atoms with van der Waals surface area (Å²) in [4.78, 5) is 31.6. The van der Waals surface area contributed by atoms with Crippen molar-refractivity contribution in [1.82, 2.24) is 30.7 Å². The number of benzene rings is 1. The summed E-state index contributed by atoms with van der Waals surface area (Å²) in [7, 11) is 0. The predicted molar refractivity (Wildman–Crippen MR) is 159 cm³/mol. The molecular formula is C32H42N6O2. The van der Waals surface area contributed by atoms with Crippen LogP contribution in [0.2, 0.25) is 0 Å². The third-order valence-corrected chi connectivity index (χ3v) is 8.24. The highest BCUT2D eigenvalue weighted by Gasteiger charge is 2.35. The second-order valence-corrected chi connectivity index (χ2v) is 13.0. The van der Waals surface area contributed by atoms with Crippen molar-refractivity contribution in [3.05, 3.63) is 65.5 Å². The van der Waals surface area contributed by atoms with Gasteiger partial charge < -0.3 is 16.0 Å². The highest BCUT2D eigenvalue weighted by molar-refractivity contribution is 6.06. The Balaban J connectivity index is 1.56. The van der Waals surface area contributed by atoms with Crippen LogP contribution in [0.15, 0.2) is 48.7 Å². The first kappa shape index (κ1) is 28.0. The smallest absolute Gasteiger partial charge is 0.252 e. The van der Waals surface area contributed by atoms with Gasteiger partial charge in [-0.25, -0.2) is 9.67 Å². The van der Waals surface area contributed by atoms with E-state index in [0.29, 0.717) is 23.1 Å². The average molecular weight is 543 g/mol. The maximum absolute atomic E-state index is 13.8. The number of nitrogens with one attached hydrogen (secondary N) is 3. The average Bonchev–Trinajstić information content (AvgIpc) is 3.29. The first-order valence-corrected chi connectivity index (χ1v) is 14.4. The summed E-state index contributed by atoms with van der Waals surface area (Å²) in [6.07, 6.45) is 5.62. The lowest BCUT2D eigenvalue weighted by Crippen LogP contribution is -2.53. The summed E-state index contributed by atoms with van der Waals surface area (Å²) in [5.41, 5.74) is 3.83. The van der Waals surface area contributed by atoms with Crippen LogP contribution in [0.5, 0.6) is 0 Å². The topological polar surface area (TPSA) is 101 Å². The fourth-order valence-electron chi connectivity index (χ4n) is 6.59. The van der Waals surface area contributed by atoms with Crippen LogP contribution in [0.1, 0.15) is 89.0 Å². The summed E-state index contributed by atoms with van der Waals surface area (Å²) in [6, 6.07) is 12.2. The first-order chi connectivity index (χ1) is 18.8. The van der Waals surface area contributed by atoms with E-state index in [0.717, 1.165) is 29.7 Å². The Bertz CT molecular complexity index is 1450. The molecule has 0 bridgehead atoms. The third kappa shape index (κ3) is 5.68. The van der Waals surface area contributed by atoms with Gasteiger partial charge in [-0.05, 0) is 77.5 Å². The Hall–Kier alpha value is -3.52. The molecule has 212 valence electrons. The summed E-state index contributed by atoms with van der Waals surface area (Å²) in [6.45, 7) is 15.2. The molecule has 8 heteroatoms. The lowest BCUT2D eigenvalue weighted by Gasteiger charge is -2.41. The van der Waals surface area contributed by atoms with Gasteiger partial charge >= 0.3 is 0 Å². The van der Waals surface area contributed by atoms with Gasteiger partial charge in [-0.3, -0.25) is 9.59 Å². The molecule has 2 amide bonds. The fraction of sp³-hybridized carbons (Fsp3) is 0.500. The molecule has 1 aromatic carbocycles. The Kier molecular flexibility index (Phi) is 7.33. The predicted octanol–water partition coefficient (Wildman–Crippen LogP) is 4.87. The molecule has 4 heterocycles. The van der Waals surface area contributed by atoms with Crippen LogP contribution < -0.4 is 16.0 Å². The van der Waals surface area contributed by atoms with E-state index in [-0.39, 0.29) is 46.8 Å². The molecule has 2 aliphatic heterocycles. The molecule has 2 aliphatic rings. The van der Waals surface area contributed by atoms with Crippen molar-refractivity contribution in [2.75, 3.05) is 6.54 Å². The quantitative estimate of drug-likeness (QED) is 0.413. The molecule has 8 nitrogen and oxygen atoms in total. The molecule has 2 aromatic heterocycles. The first-order valence-electron chi connectivity index (χ1n) is 14.4. The van der Waals surface area contributed by atoms with Gasteiger partial charge in [0, 0.05) is 23.7 Å². The van der Waals surface area contributed by atoms with E-state index >= 15 is 0 Å². The summed E-state index contributed by atoms with van der Waals surface area (Å²) < 4.78 is 1.90. The van der Waals surface area contributed by atoms with Crippen molar-refractivity contribution in [3.63, 3.8) is 0 Å². The van der Waals surface area contributed by atoms with Crippen molar-refractivity contribution < 1.29 is 9.59 Å². The van der Waals surface area contributed by atoms with E-state index in [1.165, 1.54) is 0 Å². The minimum absolute atomic E-state index is 0.000874. The molecule has 0 radical (unpaired) electrons. The fourth-order valence-corrected chi connectivity index (χ4v) is 6.59. The van der Waals surface area contributed by atoms with Crippen molar-refractivity contribution in [3.8, 4) is 0 Å². The highest BCUT2D eigenvalue weighted by Crippen LogP contribution is 2.35. The zero-order valence-corrected chi connectivity index (χ0v) is 24.7. The Morgan fingerprint density at radius 1 is 1.18 bits per heavy atom. The zero-order valence-electron chi connectivity index (χ0n) is 24.7. The number of aromatic nitrogens is 3.